The van der Waals surface area contributed by atoms with Gasteiger partial charge in [-0.25, -0.2) is 0 Å². The summed E-state index contributed by atoms with van der Waals surface area (Å²) in [6.07, 6.45) is 5.30. The Kier molecular flexibility index (Phi) is 2.17. The number of hydrogen-bond donors (Lipinski definition) is 0. The van der Waals surface area contributed by atoms with Crippen molar-refractivity contribution in [2.75, 3.05) is 0 Å². The van der Waals surface area contributed by atoms with Crippen molar-refractivity contribution in [1.29, 1.82) is 0 Å². The average molecular weight is 151 g/mol. The largest absolute Gasteiger partial charge is 0.285 e. The molecule has 0 spiro atoms. The molecule has 0 heterocycles. The van der Waals surface area contributed by atoms with Gasteiger partial charge in [0.15, 0.2) is 0 Å². The molecule has 1 radical (unpaired) electrons. The second kappa shape index (κ2) is 2.80. The van der Waals surface area contributed by atoms with E-state index in [4.69, 9.17) is 0 Å². The zero-order valence-electron chi connectivity index (χ0n) is 7.53. The van der Waals surface area contributed by atoms with E-state index < -0.39 is 0 Å². The predicted octanol–water partition coefficient (Wildman–Crippen LogP) is 2.62. The van der Waals surface area contributed by atoms with Crippen LogP contribution in [0.25, 0.3) is 0 Å². The number of hydrogen-bond acceptors (Lipinski definition) is 1. The van der Waals surface area contributed by atoms with E-state index in [1.165, 1.54) is 12.0 Å². The van der Waals surface area contributed by atoms with Crippen LogP contribution < -0.4 is 0 Å². The molecular weight excluding hydrogens is 136 g/mol. The minimum absolute atomic E-state index is 0.227. The van der Waals surface area contributed by atoms with E-state index in [0.717, 1.165) is 18.4 Å². The maximum Gasteiger partial charge on any atom is 0.229 e. The van der Waals surface area contributed by atoms with Crippen molar-refractivity contribution in [3.8, 4) is 0 Å². The molecule has 0 aliphatic heterocycles. The minimum Gasteiger partial charge on any atom is -0.285 e. The molecular formula is C10H15O. The molecule has 61 valence electrons. The highest BCUT2D eigenvalue weighted by Crippen LogP contribution is 2.38. The Bertz CT molecular complexity index is 199. The Morgan fingerprint density at radius 1 is 1.45 bits per heavy atom. The fourth-order valence-electron chi connectivity index (χ4n) is 1.62. The summed E-state index contributed by atoms with van der Waals surface area (Å²) >= 11 is 0. The van der Waals surface area contributed by atoms with Gasteiger partial charge in [0.05, 0.1) is 0 Å². The SMILES string of the molecule is CC1=C([C]=O)CCCC1(C)C. The van der Waals surface area contributed by atoms with Crippen molar-refractivity contribution in [2.45, 2.75) is 40.0 Å². The van der Waals surface area contributed by atoms with Gasteiger partial charge in [0, 0.05) is 5.57 Å². The van der Waals surface area contributed by atoms with E-state index in [2.05, 4.69) is 20.8 Å². The normalized spacial score (nSPS) is 23.5. The first kappa shape index (κ1) is 8.51. The van der Waals surface area contributed by atoms with Gasteiger partial charge in [0.1, 0.15) is 0 Å². The summed E-state index contributed by atoms with van der Waals surface area (Å²) < 4.78 is 0. The summed E-state index contributed by atoms with van der Waals surface area (Å²) in [5.74, 6) is 0. The van der Waals surface area contributed by atoms with E-state index in [1.54, 1.807) is 0 Å². The van der Waals surface area contributed by atoms with E-state index in [1.807, 2.05) is 6.29 Å². The van der Waals surface area contributed by atoms with Gasteiger partial charge >= 0.3 is 0 Å². The van der Waals surface area contributed by atoms with E-state index >= 15 is 0 Å². The third kappa shape index (κ3) is 1.52. The zero-order chi connectivity index (χ0) is 8.48. The lowest BCUT2D eigenvalue weighted by molar-refractivity contribution is 0.370. The van der Waals surface area contributed by atoms with E-state index in [9.17, 15) is 4.79 Å². The van der Waals surface area contributed by atoms with Crippen molar-refractivity contribution in [1.82, 2.24) is 0 Å². The highest BCUT2D eigenvalue weighted by atomic mass is 16.1. The van der Waals surface area contributed by atoms with Gasteiger partial charge in [-0.05, 0) is 31.6 Å². The molecule has 0 amide bonds. The van der Waals surface area contributed by atoms with Crippen LogP contribution in [0, 0.1) is 5.41 Å². The van der Waals surface area contributed by atoms with Gasteiger partial charge in [-0.15, -0.1) is 0 Å². The van der Waals surface area contributed by atoms with Crippen molar-refractivity contribution < 1.29 is 4.79 Å². The quantitative estimate of drug-likeness (QED) is 0.563. The first-order valence-electron chi connectivity index (χ1n) is 4.16. The number of allylic oxidation sites excluding steroid dienone is 2. The lowest BCUT2D eigenvalue weighted by atomic mass is 9.73. The summed E-state index contributed by atoms with van der Waals surface area (Å²) in [6.45, 7) is 6.44. The molecule has 0 atom stereocenters. The molecule has 1 nitrogen and oxygen atoms in total. The van der Waals surface area contributed by atoms with Crippen molar-refractivity contribution in [3.05, 3.63) is 11.1 Å². The third-order valence-corrected chi connectivity index (χ3v) is 2.82. The molecule has 1 aliphatic rings. The number of carbonyl (C=O) groups excluding carboxylic acids is 1. The average Bonchev–Trinajstić information content (AvgIpc) is 1.95. The molecule has 1 aliphatic carbocycles. The molecule has 11 heavy (non-hydrogen) atoms. The fourth-order valence-corrected chi connectivity index (χ4v) is 1.62. The second-order valence-corrected chi connectivity index (χ2v) is 3.94. The number of rotatable bonds is 1. The highest BCUT2D eigenvalue weighted by molar-refractivity contribution is 5.75. The monoisotopic (exact) mass is 151 g/mol. The minimum atomic E-state index is 0.227. The molecule has 0 aromatic rings. The third-order valence-electron chi connectivity index (χ3n) is 2.82. The van der Waals surface area contributed by atoms with Gasteiger partial charge in [-0.1, -0.05) is 19.4 Å². The van der Waals surface area contributed by atoms with Crippen LogP contribution in [0.1, 0.15) is 40.0 Å². The molecule has 0 bridgehead atoms. The Hall–Kier alpha value is -0.590. The second-order valence-electron chi connectivity index (χ2n) is 3.94. The van der Waals surface area contributed by atoms with Crippen molar-refractivity contribution >= 4 is 6.29 Å². The fraction of sp³-hybridized carbons (Fsp3) is 0.700. The van der Waals surface area contributed by atoms with Crippen LogP contribution in [0.4, 0.5) is 0 Å². The molecule has 0 saturated carbocycles. The van der Waals surface area contributed by atoms with E-state index in [0.29, 0.717) is 0 Å². The Morgan fingerprint density at radius 2 is 2.09 bits per heavy atom. The molecule has 0 aromatic heterocycles. The molecule has 1 rings (SSSR count). The first-order chi connectivity index (χ1) is 5.08. The van der Waals surface area contributed by atoms with Gasteiger partial charge < -0.3 is 0 Å². The molecule has 1 heteroatoms. The summed E-state index contributed by atoms with van der Waals surface area (Å²) in [6, 6.07) is 0. The van der Waals surface area contributed by atoms with Crippen LogP contribution in [0.15, 0.2) is 11.1 Å². The zero-order valence-corrected chi connectivity index (χ0v) is 7.53. The summed E-state index contributed by atoms with van der Waals surface area (Å²) in [5.41, 5.74) is 2.37. The van der Waals surface area contributed by atoms with Crippen LogP contribution in [0.2, 0.25) is 0 Å². The van der Waals surface area contributed by atoms with Gasteiger partial charge in [0.25, 0.3) is 0 Å². The lowest BCUT2D eigenvalue weighted by Gasteiger charge is -2.31. The predicted molar refractivity (Wildman–Crippen MR) is 46.0 cm³/mol. The van der Waals surface area contributed by atoms with Crippen LogP contribution in [-0.2, 0) is 4.79 Å². The van der Waals surface area contributed by atoms with Crippen LogP contribution in [0.3, 0.4) is 0 Å². The van der Waals surface area contributed by atoms with Gasteiger partial charge in [0.2, 0.25) is 6.29 Å². The maximum absolute atomic E-state index is 10.5. The summed E-state index contributed by atoms with van der Waals surface area (Å²) in [4.78, 5) is 10.5. The molecule has 0 saturated heterocycles. The Balaban J connectivity index is 2.98. The molecule has 0 unspecified atom stereocenters. The summed E-state index contributed by atoms with van der Waals surface area (Å²) in [7, 11) is 0. The lowest BCUT2D eigenvalue weighted by Crippen LogP contribution is -2.19. The Labute approximate surface area is 68.5 Å². The molecule has 0 fully saturated rings. The van der Waals surface area contributed by atoms with Crippen molar-refractivity contribution in [3.63, 3.8) is 0 Å². The topological polar surface area (TPSA) is 17.1 Å². The van der Waals surface area contributed by atoms with Crippen LogP contribution in [0.5, 0.6) is 0 Å². The van der Waals surface area contributed by atoms with Gasteiger partial charge in [-0.3, -0.25) is 4.79 Å². The maximum atomic E-state index is 10.5. The van der Waals surface area contributed by atoms with Gasteiger partial charge in [-0.2, -0.15) is 0 Å². The highest BCUT2D eigenvalue weighted by Gasteiger charge is 2.26. The van der Waals surface area contributed by atoms with Crippen LogP contribution in [-0.4, -0.2) is 6.29 Å². The molecule has 0 N–H and O–H groups in total. The standard InChI is InChI=1S/C10H15O/c1-8-9(7-11)5-4-6-10(8,2)3/h4-6H2,1-3H3. The smallest absolute Gasteiger partial charge is 0.229 e. The Morgan fingerprint density at radius 3 is 2.55 bits per heavy atom. The van der Waals surface area contributed by atoms with Crippen LogP contribution >= 0.6 is 0 Å². The van der Waals surface area contributed by atoms with E-state index in [-0.39, 0.29) is 5.41 Å². The first-order valence-corrected chi connectivity index (χ1v) is 4.16. The van der Waals surface area contributed by atoms with Crippen molar-refractivity contribution in [2.24, 2.45) is 5.41 Å². The molecule has 0 aromatic carbocycles. The summed E-state index contributed by atoms with van der Waals surface area (Å²) in [5, 5.41) is 0.